The smallest absolute Gasteiger partial charge is 0.444 e. The van der Waals surface area contributed by atoms with Gasteiger partial charge < -0.3 is 29.6 Å². The average Bonchev–Trinajstić information content (AvgIpc) is 2.78. The number of aliphatic hydroxyl groups excluding tert-OH is 2. The summed E-state index contributed by atoms with van der Waals surface area (Å²) in [6.45, 7) is 13.1. The van der Waals surface area contributed by atoms with Gasteiger partial charge in [-0.25, -0.2) is 4.79 Å². The summed E-state index contributed by atoms with van der Waals surface area (Å²) in [5.74, 6) is 0. The minimum Gasteiger partial charge on any atom is -0.444 e. The van der Waals surface area contributed by atoms with E-state index in [1.165, 1.54) is 0 Å². The Bertz CT molecular complexity index is 667. The lowest BCUT2D eigenvalue weighted by Gasteiger charge is -2.32. The fourth-order valence-electron chi connectivity index (χ4n) is 2.67. The highest BCUT2D eigenvalue weighted by Crippen LogP contribution is 2.36. The van der Waals surface area contributed by atoms with Gasteiger partial charge in [0, 0.05) is 6.54 Å². The van der Waals surface area contributed by atoms with Crippen LogP contribution in [0.3, 0.4) is 0 Å². The number of hydrogen-bond donors (Lipinski definition) is 3. The maximum Gasteiger partial charge on any atom is 0.494 e. The first-order valence-corrected chi connectivity index (χ1v) is 9.50. The number of ether oxygens (including phenoxy) is 1. The van der Waals surface area contributed by atoms with E-state index in [1.807, 2.05) is 27.7 Å². The Balaban J connectivity index is 1.95. The predicted molar refractivity (Wildman–Crippen MR) is 107 cm³/mol. The van der Waals surface area contributed by atoms with Gasteiger partial charge in [0.1, 0.15) is 17.8 Å². The summed E-state index contributed by atoms with van der Waals surface area (Å²) in [4.78, 5) is 11.7. The van der Waals surface area contributed by atoms with Crippen LogP contribution in [0.25, 0.3) is 0 Å². The van der Waals surface area contributed by atoms with Gasteiger partial charge in [0.05, 0.1) is 11.2 Å². The second-order valence-electron chi connectivity index (χ2n) is 9.15. The first-order chi connectivity index (χ1) is 12.7. The number of carbonyl (C=O) groups is 1. The molecule has 1 fully saturated rings. The Hall–Kier alpha value is -1.61. The van der Waals surface area contributed by atoms with Gasteiger partial charge in [-0.15, -0.1) is 0 Å². The fourth-order valence-corrected chi connectivity index (χ4v) is 2.67. The molecule has 28 heavy (non-hydrogen) atoms. The number of alkyl carbamates (subject to hydrolysis) is 1. The Morgan fingerprint density at radius 1 is 1.11 bits per heavy atom. The zero-order chi connectivity index (χ0) is 21.3. The van der Waals surface area contributed by atoms with Gasteiger partial charge in [-0.1, -0.05) is 24.3 Å². The van der Waals surface area contributed by atoms with Crippen molar-refractivity contribution < 1.29 is 29.1 Å². The van der Waals surface area contributed by atoms with Crippen molar-refractivity contribution in [1.29, 1.82) is 0 Å². The van der Waals surface area contributed by atoms with E-state index in [0.29, 0.717) is 5.56 Å². The molecule has 0 aliphatic carbocycles. The summed E-state index contributed by atoms with van der Waals surface area (Å²) in [7, 11) is -0.491. The average molecular weight is 393 g/mol. The minimum atomic E-state index is -1.17. The predicted octanol–water partition coefficient (Wildman–Crippen LogP) is 1.90. The van der Waals surface area contributed by atoms with Crippen LogP contribution < -0.4 is 10.8 Å². The molecule has 1 amide bonds. The van der Waals surface area contributed by atoms with Gasteiger partial charge in [-0.05, 0) is 59.5 Å². The number of aliphatic hydroxyl groups is 2. The number of carbonyl (C=O) groups excluding carboxylic acids is 1. The quantitative estimate of drug-likeness (QED) is 0.662. The third-order valence-corrected chi connectivity index (χ3v) is 5.02. The molecule has 1 aliphatic rings. The van der Waals surface area contributed by atoms with Crippen molar-refractivity contribution in [3.8, 4) is 0 Å². The number of benzene rings is 1. The fraction of sp³-hybridized carbons (Fsp3) is 0.650. The first-order valence-electron chi connectivity index (χ1n) is 9.50. The van der Waals surface area contributed by atoms with Crippen LogP contribution in [-0.4, -0.2) is 52.9 Å². The van der Waals surface area contributed by atoms with E-state index in [4.69, 9.17) is 14.0 Å². The first kappa shape index (κ1) is 22.7. The lowest BCUT2D eigenvalue weighted by molar-refractivity contribution is 0.00578. The van der Waals surface area contributed by atoms with Crippen LogP contribution in [0.15, 0.2) is 24.3 Å². The standard InChI is InChI=1S/C20H32BNO6/c1-18(2,3)26-17(25)22-12-15(23)16(24)13-8-10-14(11-9-13)21-27-19(4,5)20(6,7)28-21/h8-11,15-16,23-24H,12H2,1-7H3,(H,22,25). The van der Waals surface area contributed by atoms with Crippen molar-refractivity contribution in [2.45, 2.75) is 77.5 Å². The van der Waals surface area contributed by atoms with Crippen molar-refractivity contribution in [3.05, 3.63) is 29.8 Å². The van der Waals surface area contributed by atoms with Crippen molar-refractivity contribution in [3.63, 3.8) is 0 Å². The van der Waals surface area contributed by atoms with Crippen molar-refractivity contribution in [2.75, 3.05) is 6.54 Å². The summed E-state index contributed by atoms with van der Waals surface area (Å²) < 4.78 is 17.1. The monoisotopic (exact) mass is 393 g/mol. The Labute approximate surface area is 167 Å². The molecule has 1 heterocycles. The Morgan fingerprint density at radius 3 is 2.07 bits per heavy atom. The van der Waals surface area contributed by atoms with Crippen molar-refractivity contribution >= 4 is 18.7 Å². The SMILES string of the molecule is CC(C)(C)OC(=O)NCC(O)C(O)c1ccc(B2OC(C)(C)C(C)(C)O2)cc1. The van der Waals surface area contributed by atoms with E-state index in [2.05, 4.69) is 5.32 Å². The molecule has 2 unspecified atom stereocenters. The molecule has 1 aromatic rings. The van der Waals surface area contributed by atoms with Gasteiger partial charge in [0.15, 0.2) is 0 Å². The van der Waals surface area contributed by atoms with E-state index in [-0.39, 0.29) is 6.54 Å². The van der Waals surface area contributed by atoms with E-state index < -0.39 is 42.2 Å². The van der Waals surface area contributed by atoms with Gasteiger partial charge in [-0.2, -0.15) is 0 Å². The molecule has 2 atom stereocenters. The van der Waals surface area contributed by atoms with Gasteiger partial charge in [0.2, 0.25) is 0 Å². The highest BCUT2D eigenvalue weighted by Gasteiger charge is 2.51. The number of amides is 1. The maximum atomic E-state index is 11.7. The molecule has 1 aliphatic heterocycles. The molecular weight excluding hydrogens is 361 g/mol. The molecule has 7 nitrogen and oxygen atoms in total. The summed E-state index contributed by atoms with van der Waals surface area (Å²) in [5, 5.41) is 23.0. The van der Waals surface area contributed by atoms with E-state index in [0.717, 1.165) is 5.46 Å². The summed E-state index contributed by atoms with van der Waals surface area (Å²) in [5.41, 5.74) is -0.134. The summed E-state index contributed by atoms with van der Waals surface area (Å²) in [6.07, 6.45) is -2.97. The van der Waals surface area contributed by atoms with Crippen molar-refractivity contribution in [2.24, 2.45) is 0 Å². The van der Waals surface area contributed by atoms with Crippen molar-refractivity contribution in [1.82, 2.24) is 5.32 Å². The van der Waals surface area contributed by atoms with Crippen LogP contribution in [0.4, 0.5) is 4.79 Å². The molecule has 0 saturated carbocycles. The molecule has 1 aromatic carbocycles. The summed E-state index contributed by atoms with van der Waals surface area (Å²) in [6, 6.07) is 7.02. The molecular formula is C20H32BNO6. The molecule has 0 spiro atoms. The largest absolute Gasteiger partial charge is 0.494 e. The molecule has 2 rings (SSSR count). The van der Waals surface area contributed by atoms with Crippen LogP contribution in [0.5, 0.6) is 0 Å². The van der Waals surface area contributed by atoms with Crippen LogP contribution >= 0.6 is 0 Å². The van der Waals surface area contributed by atoms with Gasteiger partial charge in [-0.3, -0.25) is 0 Å². The number of hydrogen-bond acceptors (Lipinski definition) is 6. The van der Waals surface area contributed by atoms with E-state index in [9.17, 15) is 15.0 Å². The van der Waals surface area contributed by atoms with Crippen LogP contribution in [0, 0.1) is 0 Å². The van der Waals surface area contributed by atoms with Crippen LogP contribution in [-0.2, 0) is 14.0 Å². The van der Waals surface area contributed by atoms with Gasteiger partial charge >= 0.3 is 13.2 Å². The van der Waals surface area contributed by atoms with Crippen LogP contribution in [0.1, 0.15) is 60.1 Å². The second-order valence-corrected chi connectivity index (χ2v) is 9.15. The lowest BCUT2D eigenvalue weighted by atomic mass is 9.78. The summed E-state index contributed by atoms with van der Waals surface area (Å²) >= 11 is 0. The topological polar surface area (TPSA) is 97.3 Å². The molecule has 8 heteroatoms. The highest BCUT2D eigenvalue weighted by atomic mass is 16.7. The van der Waals surface area contributed by atoms with Gasteiger partial charge in [0.25, 0.3) is 0 Å². The Morgan fingerprint density at radius 2 is 1.61 bits per heavy atom. The minimum absolute atomic E-state index is 0.130. The number of rotatable bonds is 5. The number of nitrogens with one attached hydrogen (secondary N) is 1. The van der Waals surface area contributed by atoms with E-state index in [1.54, 1.807) is 45.0 Å². The van der Waals surface area contributed by atoms with E-state index >= 15 is 0 Å². The molecule has 1 saturated heterocycles. The van der Waals surface area contributed by atoms with Crippen LogP contribution in [0.2, 0.25) is 0 Å². The molecule has 0 bridgehead atoms. The molecule has 156 valence electrons. The normalized spacial score (nSPS) is 20.5. The zero-order valence-corrected chi connectivity index (χ0v) is 17.8. The Kier molecular flexibility index (Phi) is 6.50. The second kappa shape index (κ2) is 8.03. The zero-order valence-electron chi connectivity index (χ0n) is 17.8. The molecule has 3 N–H and O–H groups in total. The molecule has 0 radical (unpaired) electrons. The maximum absolute atomic E-state index is 11.7. The molecule has 0 aromatic heterocycles. The highest BCUT2D eigenvalue weighted by molar-refractivity contribution is 6.62. The third-order valence-electron chi connectivity index (χ3n) is 5.02. The third kappa shape index (κ3) is 5.47. The lowest BCUT2D eigenvalue weighted by Crippen LogP contribution is -2.41.